The standard InChI is InChI=1S/C17H23N3O9/c1-8(21)26-7-11-14(27-9(2)22)15(28-10(3)23)13(18)16(29-11)20-6-5-12(25-4)19-17(20)24/h5-6,11,13-16H,7,18H2,1-4H3. The van der Waals surface area contributed by atoms with Gasteiger partial charge in [0.15, 0.2) is 18.4 Å². The molecule has 5 atom stereocenters. The largest absolute Gasteiger partial charge is 0.481 e. The maximum absolute atomic E-state index is 12.4. The molecule has 5 unspecified atom stereocenters. The smallest absolute Gasteiger partial charge is 0.353 e. The van der Waals surface area contributed by atoms with Gasteiger partial charge < -0.3 is 29.4 Å². The zero-order valence-electron chi connectivity index (χ0n) is 16.4. The maximum atomic E-state index is 12.4. The normalized spacial score (nSPS) is 26.3. The highest BCUT2D eigenvalue weighted by Gasteiger charge is 2.49. The molecule has 1 fully saturated rings. The minimum Gasteiger partial charge on any atom is -0.481 e. The number of esters is 3. The average molecular weight is 413 g/mol. The number of methoxy groups -OCH3 is 1. The van der Waals surface area contributed by atoms with Crippen LogP contribution in [-0.2, 0) is 33.3 Å². The average Bonchev–Trinajstić information content (AvgIpc) is 2.63. The number of aromatic nitrogens is 2. The molecule has 1 aliphatic rings. The first kappa shape index (κ1) is 22.3. The Balaban J connectivity index is 2.45. The van der Waals surface area contributed by atoms with Gasteiger partial charge >= 0.3 is 23.6 Å². The highest BCUT2D eigenvalue weighted by Crippen LogP contribution is 2.30. The summed E-state index contributed by atoms with van der Waals surface area (Å²) in [6.07, 6.45) is -3.21. The first-order chi connectivity index (χ1) is 13.6. The summed E-state index contributed by atoms with van der Waals surface area (Å²) >= 11 is 0. The van der Waals surface area contributed by atoms with Crippen molar-refractivity contribution in [2.75, 3.05) is 13.7 Å². The number of nitrogens with two attached hydrogens (primary N) is 1. The van der Waals surface area contributed by atoms with Crippen LogP contribution in [-0.4, -0.2) is 65.5 Å². The summed E-state index contributed by atoms with van der Waals surface area (Å²) in [5.41, 5.74) is 5.47. The Kier molecular flexibility index (Phi) is 7.29. The van der Waals surface area contributed by atoms with E-state index in [1.54, 1.807) is 0 Å². The molecule has 1 aromatic heterocycles. The fraction of sp³-hybridized carbons (Fsp3) is 0.588. The van der Waals surface area contributed by atoms with Crippen LogP contribution in [0.2, 0.25) is 0 Å². The van der Waals surface area contributed by atoms with Gasteiger partial charge in [0.05, 0.1) is 13.2 Å². The van der Waals surface area contributed by atoms with Crippen molar-refractivity contribution in [2.45, 2.75) is 51.4 Å². The van der Waals surface area contributed by atoms with Crippen molar-refractivity contribution in [1.29, 1.82) is 0 Å². The zero-order valence-corrected chi connectivity index (χ0v) is 16.4. The summed E-state index contributed by atoms with van der Waals surface area (Å²) in [4.78, 5) is 50.5. The Morgan fingerprint density at radius 1 is 1.14 bits per heavy atom. The third-order valence-electron chi connectivity index (χ3n) is 4.06. The second-order valence-corrected chi connectivity index (χ2v) is 6.25. The Labute approximate surface area is 165 Å². The molecular formula is C17H23N3O9. The fourth-order valence-electron chi connectivity index (χ4n) is 2.90. The molecule has 0 radical (unpaired) electrons. The lowest BCUT2D eigenvalue weighted by atomic mass is 9.96. The van der Waals surface area contributed by atoms with Gasteiger partial charge in [-0.15, -0.1) is 0 Å². The lowest BCUT2D eigenvalue weighted by Crippen LogP contribution is -2.63. The minimum absolute atomic E-state index is 0.0846. The van der Waals surface area contributed by atoms with E-state index in [0.717, 1.165) is 18.4 Å². The van der Waals surface area contributed by atoms with Crippen LogP contribution in [0.3, 0.4) is 0 Å². The molecule has 0 spiro atoms. The van der Waals surface area contributed by atoms with Gasteiger partial charge in [-0.2, -0.15) is 4.98 Å². The van der Waals surface area contributed by atoms with Crippen molar-refractivity contribution in [3.8, 4) is 5.88 Å². The molecule has 1 aliphatic heterocycles. The molecule has 2 N–H and O–H groups in total. The van der Waals surface area contributed by atoms with Crippen LogP contribution in [0.25, 0.3) is 0 Å². The van der Waals surface area contributed by atoms with Gasteiger partial charge in [-0.1, -0.05) is 0 Å². The number of rotatable bonds is 6. The first-order valence-corrected chi connectivity index (χ1v) is 8.66. The molecule has 1 aromatic rings. The van der Waals surface area contributed by atoms with E-state index in [1.165, 1.54) is 26.3 Å². The molecule has 2 heterocycles. The molecule has 0 aromatic carbocycles. The van der Waals surface area contributed by atoms with Crippen molar-refractivity contribution in [3.63, 3.8) is 0 Å². The highest BCUT2D eigenvalue weighted by molar-refractivity contribution is 5.67. The van der Waals surface area contributed by atoms with Crippen molar-refractivity contribution < 1.29 is 38.1 Å². The van der Waals surface area contributed by atoms with Crippen LogP contribution < -0.4 is 16.2 Å². The summed E-state index contributed by atoms with van der Waals surface area (Å²) in [6.45, 7) is 3.17. The van der Waals surface area contributed by atoms with E-state index in [4.69, 9.17) is 29.4 Å². The molecule has 0 saturated carbocycles. The van der Waals surface area contributed by atoms with E-state index in [1.807, 2.05) is 0 Å². The molecule has 29 heavy (non-hydrogen) atoms. The van der Waals surface area contributed by atoms with Crippen LogP contribution in [0, 0.1) is 0 Å². The minimum atomic E-state index is -1.18. The lowest BCUT2D eigenvalue weighted by molar-refractivity contribution is -0.234. The fourth-order valence-corrected chi connectivity index (χ4v) is 2.90. The van der Waals surface area contributed by atoms with Gasteiger partial charge in [-0.3, -0.25) is 19.0 Å². The number of hydrogen-bond donors (Lipinski definition) is 1. The third kappa shape index (κ3) is 5.51. The highest BCUT2D eigenvalue weighted by atomic mass is 16.6. The monoisotopic (exact) mass is 413 g/mol. The molecule has 160 valence electrons. The van der Waals surface area contributed by atoms with Gasteiger partial charge in [-0.05, 0) is 0 Å². The molecule has 1 saturated heterocycles. The Hall–Kier alpha value is -2.99. The molecule has 12 nitrogen and oxygen atoms in total. The molecule has 2 rings (SSSR count). The summed E-state index contributed by atoms with van der Waals surface area (Å²) < 4.78 is 27.3. The summed E-state index contributed by atoms with van der Waals surface area (Å²) in [5, 5.41) is 0. The second-order valence-electron chi connectivity index (χ2n) is 6.25. The van der Waals surface area contributed by atoms with Crippen LogP contribution in [0.15, 0.2) is 17.1 Å². The molecular weight excluding hydrogens is 390 g/mol. The number of nitrogens with zero attached hydrogens (tertiary/aromatic N) is 2. The molecule has 0 bridgehead atoms. The first-order valence-electron chi connectivity index (χ1n) is 8.66. The van der Waals surface area contributed by atoms with Gasteiger partial charge in [0.1, 0.15) is 12.7 Å². The molecule has 12 heteroatoms. The van der Waals surface area contributed by atoms with E-state index in [2.05, 4.69) is 4.98 Å². The van der Waals surface area contributed by atoms with E-state index < -0.39 is 54.2 Å². The van der Waals surface area contributed by atoms with E-state index in [0.29, 0.717) is 0 Å². The van der Waals surface area contributed by atoms with E-state index in [9.17, 15) is 19.2 Å². The van der Waals surface area contributed by atoms with E-state index in [-0.39, 0.29) is 12.5 Å². The number of carbonyl (C=O) groups is 3. The van der Waals surface area contributed by atoms with Crippen molar-refractivity contribution >= 4 is 17.9 Å². The van der Waals surface area contributed by atoms with Crippen molar-refractivity contribution in [3.05, 3.63) is 22.7 Å². The van der Waals surface area contributed by atoms with Crippen LogP contribution in [0.1, 0.15) is 27.0 Å². The number of carbonyl (C=O) groups excluding carboxylic acids is 3. The van der Waals surface area contributed by atoms with Gasteiger partial charge in [0.25, 0.3) is 0 Å². The van der Waals surface area contributed by atoms with Gasteiger partial charge in [-0.25, -0.2) is 4.79 Å². The molecule has 0 amide bonds. The van der Waals surface area contributed by atoms with Crippen LogP contribution in [0.4, 0.5) is 0 Å². The van der Waals surface area contributed by atoms with Crippen LogP contribution >= 0.6 is 0 Å². The zero-order chi connectivity index (χ0) is 21.7. The van der Waals surface area contributed by atoms with Gasteiger partial charge in [0, 0.05) is 33.0 Å². The quantitative estimate of drug-likeness (QED) is 0.446. The molecule has 0 aliphatic carbocycles. The predicted molar refractivity (Wildman–Crippen MR) is 94.7 cm³/mol. The lowest BCUT2D eigenvalue weighted by Gasteiger charge is -2.44. The Morgan fingerprint density at radius 2 is 1.76 bits per heavy atom. The Bertz CT molecular complexity index is 825. The van der Waals surface area contributed by atoms with Crippen molar-refractivity contribution in [2.24, 2.45) is 5.73 Å². The second kappa shape index (κ2) is 9.47. The predicted octanol–water partition coefficient (Wildman–Crippen LogP) is -1.10. The summed E-state index contributed by atoms with van der Waals surface area (Å²) in [6, 6.07) is 0.307. The number of ether oxygens (including phenoxy) is 5. The van der Waals surface area contributed by atoms with Crippen LogP contribution in [0.5, 0.6) is 5.88 Å². The third-order valence-corrected chi connectivity index (χ3v) is 4.06. The van der Waals surface area contributed by atoms with E-state index >= 15 is 0 Å². The van der Waals surface area contributed by atoms with Crippen molar-refractivity contribution in [1.82, 2.24) is 9.55 Å². The SMILES string of the molecule is COc1ccn(C2OC(COC(C)=O)C(OC(C)=O)C(OC(C)=O)C2N)c(=O)n1. The summed E-state index contributed by atoms with van der Waals surface area (Å²) in [7, 11) is 1.35. The van der Waals surface area contributed by atoms with Gasteiger partial charge in [0.2, 0.25) is 5.88 Å². The summed E-state index contributed by atoms with van der Waals surface area (Å²) in [5.74, 6) is -1.89. The Morgan fingerprint density at radius 3 is 2.28 bits per heavy atom. The maximum Gasteiger partial charge on any atom is 0.353 e. The topological polar surface area (TPSA) is 158 Å². The number of hydrogen-bond acceptors (Lipinski definition) is 11.